The molecule has 0 spiro atoms. The van der Waals surface area contributed by atoms with Gasteiger partial charge in [0.25, 0.3) is 0 Å². The highest BCUT2D eigenvalue weighted by atomic mass is 16.5. The molecule has 2 aliphatic rings. The zero-order valence-corrected chi connectivity index (χ0v) is 19.3. The van der Waals surface area contributed by atoms with Crippen LogP contribution in [-0.2, 0) is 13.1 Å². The summed E-state index contributed by atoms with van der Waals surface area (Å²) in [6.45, 7) is 5.61. The Kier molecular flexibility index (Phi) is 5.85. The number of likely N-dealkylation sites (tertiary alicyclic amines) is 1. The van der Waals surface area contributed by atoms with Crippen LogP contribution in [0.5, 0.6) is 17.2 Å². The molecular formula is C27H30N2O4. The van der Waals surface area contributed by atoms with Gasteiger partial charge in [-0.3, -0.25) is 4.79 Å². The molecule has 1 N–H and O–H groups in total. The van der Waals surface area contributed by atoms with Crippen molar-refractivity contribution in [2.24, 2.45) is 0 Å². The van der Waals surface area contributed by atoms with E-state index in [0.29, 0.717) is 23.4 Å². The molecule has 1 saturated heterocycles. The molecule has 2 aliphatic heterocycles. The number of methoxy groups -OCH3 is 1. The molecule has 2 aromatic carbocycles. The molecule has 3 aromatic rings. The molecule has 1 aromatic heterocycles. The molecule has 5 rings (SSSR count). The van der Waals surface area contributed by atoms with E-state index in [0.717, 1.165) is 41.9 Å². The van der Waals surface area contributed by atoms with Gasteiger partial charge in [0.15, 0.2) is 5.76 Å². The minimum Gasteiger partial charge on any atom is -0.872 e. The molecule has 0 saturated carbocycles. The Labute approximate surface area is 194 Å². The predicted octanol–water partition coefficient (Wildman–Crippen LogP) is 3.32. The Morgan fingerprint density at radius 2 is 1.94 bits per heavy atom. The summed E-state index contributed by atoms with van der Waals surface area (Å²) in [7, 11) is 1.64. The molecule has 6 heteroatoms. The van der Waals surface area contributed by atoms with Gasteiger partial charge >= 0.3 is 0 Å². The highest BCUT2D eigenvalue weighted by molar-refractivity contribution is 6.15. The van der Waals surface area contributed by atoms with Crippen molar-refractivity contribution in [2.75, 3.05) is 20.2 Å². The predicted molar refractivity (Wildman–Crippen MR) is 126 cm³/mol. The number of allylic oxidation sites excluding steroid dienone is 1. The van der Waals surface area contributed by atoms with E-state index in [9.17, 15) is 9.90 Å². The smallest absolute Gasteiger partial charge is 0.231 e. The minimum atomic E-state index is -0.169. The van der Waals surface area contributed by atoms with Crippen molar-refractivity contribution in [3.63, 3.8) is 0 Å². The van der Waals surface area contributed by atoms with Crippen molar-refractivity contribution in [3.8, 4) is 17.2 Å². The van der Waals surface area contributed by atoms with Crippen LogP contribution >= 0.6 is 0 Å². The molecule has 0 amide bonds. The summed E-state index contributed by atoms with van der Waals surface area (Å²) in [5.74, 6) is 1.26. The molecule has 1 fully saturated rings. The van der Waals surface area contributed by atoms with Crippen LogP contribution in [0.2, 0.25) is 0 Å². The second-order valence-electron chi connectivity index (χ2n) is 8.95. The van der Waals surface area contributed by atoms with E-state index in [4.69, 9.17) is 9.47 Å². The topological polar surface area (TPSA) is 68.0 Å². The van der Waals surface area contributed by atoms with E-state index >= 15 is 0 Å². The molecule has 0 unspecified atom stereocenters. The average Bonchev–Trinajstić information content (AvgIpc) is 3.20. The number of quaternary nitrogens is 1. The summed E-state index contributed by atoms with van der Waals surface area (Å²) >= 11 is 0. The SMILES string of the molecule is CCn1cc(C=C2Oc3c(ccc([O-])c3C[NH+]3CCCCCC3)C2=O)c2cc(OC)ccc21. The summed E-state index contributed by atoms with van der Waals surface area (Å²) in [5.41, 5.74) is 3.07. The number of fused-ring (bicyclic) bond motifs is 2. The molecule has 0 bridgehead atoms. The largest absolute Gasteiger partial charge is 0.872 e. The number of nitrogens with zero attached hydrogens (tertiary/aromatic N) is 1. The van der Waals surface area contributed by atoms with Gasteiger partial charge in [-0.15, -0.1) is 0 Å². The van der Waals surface area contributed by atoms with Gasteiger partial charge in [0.2, 0.25) is 5.78 Å². The van der Waals surface area contributed by atoms with Gasteiger partial charge < -0.3 is 24.0 Å². The average molecular weight is 447 g/mol. The number of hydrogen-bond acceptors (Lipinski definition) is 4. The third kappa shape index (κ3) is 4.00. The number of hydrogen-bond donors (Lipinski definition) is 1. The van der Waals surface area contributed by atoms with Gasteiger partial charge in [0.05, 0.1) is 25.8 Å². The van der Waals surface area contributed by atoms with Gasteiger partial charge in [0, 0.05) is 34.8 Å². The van der Waals surface area contributed by atoms with Crippen LogP contribution in [0.25, 0.3) is 17.0 Å². The summed E-state index contributed by atoms with van der Waals surface area (Å²) in [6, 6.07) is 9.07. The summed E-state index contributed by atoms with van der Waals surface area (Å²) in [4.78, 5) is 14.6. The number of ether oxygens (including phenoxy) is 2. The second kappa shape index (κ2) is 8.94. The van der Waals surface area contributed by atoms with Crippen LogP contribution in [0.4, 0.5) is 0 Å². The lowest BCUT2D eigenvalue weighted by molar-refractivity contribution is -0.913. The number of aromatic nitrogens is 1. The third-order valence-corrected chi connectivity index (χ3v) is 6.88. The van der Waals surface area contributed by atoms with Crippen LogP contribution in [0.3, 0.4) is 0 Å². The first-order valence-corrected chi connectivity index (χ1v) is 11.9. The van der Waals surface area contributed by atoms with Gasteiger partial charge in [-0.25, -0.2) is 0 Å². The maximum atomic E-state index is 13.2. The zero-order valence-electron chi connectivity index (χ0n) is 19.3. The molecule has 0 aliphatic carbocycles. The normalized spacial score (nSPS) is 17.9. The number of rotatable bonds is 5. The fourth-order valence-electron chi connectivity index (χ4n) is 5.06. The molecule has 33 heavy (non-hydrogen) atoms. The highest BCUT2D eigenvalue weighted by Crippen LogP contribution is 2.39. The van der Waals surface area contributed by atoms with Crippen LogP contribution in [0.1, 0.15) is 54.1 Å². The van der Waals surface area contributed by atoms with Crippen molar-refractivity contribution in [1.82, 2.24) is 4.57 Å². The number of aryl methyl sites for hydroxylation is 1. The molecule has 3 heterocycles. The Balaban J connectivity index is 1.51. The number of benzene rings is 2. The first kappa shape index (κ1) is 21.6. The van der Waals surface area contributed by atoms with Gasteiger partial charge in [0.1, 0.15) is 18.0 Å². The lowest BCUT2D eigenvalue weighted by Crippen LogP contribution is -3.10. The summed E-state index contributed by atoms with van der Waals surface area (Å²) < 4.78 is 13.7. The first-order chi connectivity index (χ1) is 16.1. The van der Waals surface area contributed by atoms with E-state index in [-0.39, 0.29) is 17.3 Å². The Bertz CT molecular complexity index is 1230. The Hall–Kier alpha value is -3.25. The number of carbonyl (C=O) groups is 1. The van der Waals surface area contributed by atoms with E-state index in [1.54, 1.807) is 19.3 Å². The van der Waals surface area contributed by atoms with Gasteiger partial charge in [-0.2, -0.15) is 0 Å². The van der Waals surface area contributed by atoms with Crippen molar-refractivity contribution < 1.29 is 24.3 Å². The fourth-order valence-corrected chi connectivity index (χ4v) is 5.06. The summed E-state index contributed by atoms with van der Waals surface area (Å²) in [5, 5.41) is 13.8. The van der Waals surface area contributed by atoms with E-state index in [2.05, 4.69) is 11.5 Å². The Morgan fingerprint density at radius 3 is 2.67 bits per heavy atom. The quantitative estimate of drug-likeness (QED) is 0.611. The van der Waals surface area contributed by atoms with Crippen LogP contribution < -0.4 is 19.5 Å². The van der Waals surface area contributed by atoms with Crippen molar-refractivity contribution in [3.05, 3.63) is 59.0 Å². The van der Waals surface area contributed by atoms with E-state index < -0.39 is 0 Å². The second-order valence-corrected chi connectivity index (χ2v) is 8.95. The van der Waals surface area contributed by atoms with Crippen LogP contribution in [0.15, 0.2) is 42.3 Å². The Morgan fingerprint density at radius 1 is 1.15 bits per heavy atom. The van der Waals surface area contributed by atoms with E-state index in [1.807, 2.05) is 24.4 Å². The van der Waals surface area contributed by atoms with E-state index in [1.165, 1.54) is 36.6 Å². The molecular weight excluding hydrogens is 416 g/mol. The molecule has 6 nitrogen and oxygen atoms in total. The lowest BCUT2D eigenvalue weighted by atomic mass is 10.0. The van der Waals surface area contributed by atoms with Crippen molar-refractivity contribution in [2.45, 2.75) is 45.7 Å². The molecule has 172 valence electrons. The lowest BCUT2D eigenvalue weighted by Gasteiger charge is -2.22. The molecule has 0 atom stereocenters. The van der Waals surface area contributed by atoms with Gasteiger partial charge in [-0.05, 0) is 62.9 Å². The molecule has 0 radical (unpaired) electrons. The van der Waals surface area contributed by atoms with Crippen LogP contribution in [-0.4, -0.2) is 30.5 Å². The number of nitrogens with one attached hydrogen (secondary N) is 1. The monoisotopic (exact) mass is 446 g/mol. The third-order valence-electron chi connectivity index (χ3n) is 6.88. The van der Waals surface area contributed by atoms with Gasteiger partial charge in [-0.1, -0.05) is 11.8 Å². The highest BCUT2D eigenvalue weighted by Gasteiger charge is 2.31. The standard InChI is InChI=1S/C27H30N2O4/c1-3-29-16-18(21-15-19(32-2)8-10-23(21)29)14-25-26(31)20-9-11-24(30)22(27(20)33-25)17-28-12-6-4-5-7-13-28/h8-11,14-16,30H,3-7,12-13,17H2,1-2H3. The zero-order chi connectivity index (χ0) is 22.9. The number of Topliss-reactive ketones (excluding diaryl/α,β-unsaturated/α-hetero) is 1. The minimum absolute atomic E-state index is 0.0492. The fraction of sp³-hybridized carbons (Fsp3) is 0.370. The van der Waals surface area contributed by atoms with Crippen LogP contribution in [0, 0.1) is 0 Å². The first-order valence-electron chi connectivity index (χ1n) is 11.9. The maximum absolute atomic E-state index is 13.2. The summed E-state index contributed by atoms with van der Waals surface area (Å²) in [6.07, 6.45) is 8.67. The number of ketones is 1. The van der Waals surface area contributed by atoms with Crippen molar-refractivity contribution >= 4 is 22.8 Å². The van der Waals surface area contributed by atoms with Crippen molar-refractivity contribution in [1.29, 1.82) is 0 Å². The number of carbonyl (C=O) groups excluding carboxylic acids is 1. The maximum Gasteiger partial charge on any atom is 0.231 e.